The number of nitrogens with two attached hydrogens (primary N) is 1. The van der Waals surface area contributed by atoms with E-state index < -0.39 is 183 Å². The van der Waals surface area contributed by atoms with Crippen molar-refractivity contribution in [2.24, 2.45) is 23.5 Å². The van der Waals surface area contributed by atoms with Gasteiger partial charge in [0.1, 0.15) is 48.5 Å². The number of benzene rings is 2. The fourth-order valence-corrected chi connectivity index (χ4v) is 13.6. The van der Waals surface area contributed by atoms with Crippen LogP contribution >= 0.6 is 12.3 Å². The minimum atomic E-state index is -2.51. The van der Waals surface area contributed by atoms with E-state index in [2.05, 4.69) is 45.8 Å². The molecule has 6 fully saturated rings. The fraction of sp³-hybridized carbons (Fsp3) is 0.655. The lowest BCUT2D eigenvalue weighted by molar-refractivity contribution is -0.433. The highest BCUT2D eigenvalue weighted by Crippen LogP contribution is 2.40. The van der Waals surface area contributed by atoms with Crippen LogP contribution < -0.4 is 41.4 Å². The number of aromatic hydroxyl groups is 1. The highest BCUT2D eigenvalue weighted by atomic mass is 32.2. The van der Waals surface area contributed by atoms with Crippen LogP contribution in [0.1, 0.15) is 113 Å². The second-order valence-electron chi connectivity index (χ2n) is 24.4. The van der Waals surface area contributed by atoms with Crippen molar-refractivity contribution in [1.82, 2.24) is 41.3 Å². The molecule has 16 N–H and O–H groups in total. The number of carbonyl (C=O) groups is 8. The summed E-state index contributed by atoms with van der Waals surface area (Å²) in [5.41, 5.74) is 6.03. The third-order valence-electron chi connectivity index (χ3n) is 18.3. The van der Waals surface area contributed by atoms with Crippen LogP contribution in [0.4, 0.5) is 5.69 Å². The molecular weight excluding hydrogens is 1190 g/mol. The lowest BCUT2D eigenvalue weighted by Gasteiger charge is -2.44. The normalized spacial score (nSPS) is 30.7. The molecule has 0 aromatic heterocycles. The molecule has 89 heavy (non-hydrogen) atoms. The van der Waals surface area contributed by atoms with E-state index >= 15 is 0 Å². The topological polar surface area (TPSA) is 445 Å². The van der Waals surface area contributed by atoms with E-state index in [0.717, 1.165) is 78.6 Å². The fourth-order valence-electron chi connectivity index (χ4n) is 13.4. The third-order valence-corrected chi connectivity index (χ3v) is 18.7. The van der Waals surface area contributed by atoms with Crippen molar-refractivity contribution in [1.29, 1.82) is 0 Å². The van der Waals surface area contributed by atoms with Crippen molar-refractivity contribution in [3.63, 3.8) is 0 Å². The summed E-state index contributed by atoms with van der Waals surface area (Å²) < 4.78 is 9.22. The van der Waals surface area contributed by atoms with Gasteiger partial charge in [0.15, 0.2) is 11.5 Å². The molecule has 0 spiro atoms. The first kappa shape index (κ1) is 68.4. The number of nitrogens with zero attached hydrogens (tertiary/aromatic N) is 4. The number of fused-ring (bicyclic) bond motifs is 2. The Balaban J connectivity index is 1.05. The van der Waals surface area contributed by atoms with Gasteiger partial charge in [-0.05, 0) is 86.4 Å². The number of hydrogen-bond acceptors (Lipinski definition) is 23. The van der Waals surface area contributed by atoms with E-state index in [-0.39, 0.29) is 23.5 Å². The average Bonchev–Trinajstić information content (AvgIpc) is 2.11. The van der Waals surface area contributed by atoms with E-state index in [9.17, 15) is 79.2 Å². The first-order valence-corrected chi connectivity index (χ1v) is 31.0. The minimum Gasteiger partial charge on any atom is -0.504 e. The van der Waals surface area contributed by atoms with E-state index in [4.69, 9.17) is 15.2 Å². The molecule has 4 aliphatic heterocycles. The zero-order valence-corrected chi connectivity index (χ0v) is 50.4. The van der Waals surface area contributed by atoms with Gasteiger partial charge in [0.2, 0.25) is 41.4 Å². The molecule has 13 unspecified atom stereocenters. The average molecular weight is 1270 g/mol. The standard InChI is InChI=1S/C58H84N10O20S/c1-29-27-68-48(49(29)75)56(82)60-26-37(70)23-39(61-52(78)33-10-15-36(16-11-33)66-20-18-65(19-21-66)35-13-8-32(9-14-35)31-6-4-3-5-7-31)53(79)62-45(30(2)69)57(83)67-28-38(71)24-40(67)54(80)64-47(55(81)63-46(58(68)84)42(73)25-44(59)74)51(77)50(76)34-12-17-41(72)43(22-34)86-89-88-87-85/h10-12,15-17,22,29-32,35,37-40,42,45-51,69-73,75-77,85H,3-9,13-14,18-21,23-28H2,1-2H3,(H2,59,74)(H,60,82)(H,61,78)(H,62,79)(H,63,81)(H,64,80)/t29?,30?,32?,35?,37?,38?,39-,40?,42?,45?,46?,47?,48?,49?,50?,51?/m0/s1. The molecule has 2 aromatic carbocycles. The predicted molar refractivity (Wildman–Crippen MR) is 314 cm³/mol. The first-order chi connectivity index (χ1) is 42.4. The van der Waals surface area contributed by atoms with Crippen LogP contribution in [-0.4, -0.2) is 233 Å². The smallest absolute Gasteiger partial charge is 0.261 e. The number of β-amino-alcohol motifs (C(OH)–C–C–N with tert-alkyl or cyclic N) is 1. The molecule has 8 rings (SSSR count). The lowest BCUT2D eigenvalue weighted by Crippen LogP contribution is -2.64. The molecule has 6 aliphatic rings. The number of aliphatic hydroxyl groups excluding tert-OH is 7. The molecule has 2 aromatic rings. The van der Waals surface area contributed by atoms with Gasteiger partial charge in [-0.25, -0.2) is 5.26 Å². The zero-order valence-electron chi connectivity index (χ0n) is 49.6. The zero-order chi connectivity index (χ0) is 64.4. The lowest BCUT2D eigenvalue weighted by atomic mass is 9.72. The van der Waals surface area contributed by atoms with E-state index in [1.165, 1.54) is 64.7 Å². The van der Waals surface area contributed by atoms with Gasteiger partial charge >= 0.3 is 0 Å². The number of piperazine rings is 1. The quantitative estimate of drug-likeness (QED) is 0.0353. The van der Waals surface area contributed by atoms with E-state index in [1.54, 1.807) is 24.3 Å². The Morgan fingerprint density at radius 2 is 1.38 bits per heavy atom. The van der Waals surface area contributed by atoms with Crippen molar-refractivity contribution >= 4 is 65.3 Å². The van der Waals surface area contributed by atoms with Gasteiger partial charge in [-0.3, -0.25) is 43.3 Å². The number of hydrogen-bond donors (Lipinski definition) is 15. The molecule has 2 aliphatic carbocycles. The van der Waals surface area contributed by atoms with Gasteiger partial charge < -0.3 is 92.1 Å². The summed E-state index contributed by atoms with van der Waals surface area (Å²) in [7, 11) is 0. The second-order valence-corrected chi connectivity index (χ2v) is 24.8. The number of carbonyl (C=O) groups excluding carboxylic acids is 8. The Bertz CT molecular complexity index is 2810. The highest BCUT2D eigenvalue weighted by Gasteiger charge is 2.50. The van der Waals surface area contributed by atoms with Gasteiger partial charge in [-0.15, -0.1) is 0 Å². The highest BCUT2D eigenvalue weighted by molar-refractivity contribution is 7.90. The monoisotopic (exact) mass is 1270 g/mol. The number of nitrogens with one attached hydrogen (secondary N) is 5. The number of amides is 8. The number of phenols is 1. The van der Waals surface area contributed by atoms with Crippen LogP contribution in [0.2, 0.25) is 0 Å². The molecule has 31 heteroatoms. The molecule has 4 heterocycles. The molecule has 2 saturated carbocycles. The van der Waals surface area contributed by atoms with E-state index in [0.29, 0.717) is 6.04 Å². The van der Waals surface area contributed by atoms with Crippen molar-refractivity contribution in [2.45, 2.75) is 176 Å². The summed E-state index contributed by atoms with van der Waals surface area (Å²) in [6.07, 6.45) is -4.12. The first-order valence-electron chi connectivity index (χ1n) is 30.3. The number of anilines is 1. The van der Waals surface area contributed by atoms with Crippen LogP contribution in [0.15, 0.2) is 42.5 Å². The molecule has 4 saturated heterocycles. The van der Waals surface area contributed by atoms with Gasteiger partial charge in [-0.2, -0.15) is 0 Å². The molecular formula is C58H84N10O20S. The van der Waals surface area contributed by atoms with Crippen LogP contribution in [0, 0.1) is 17.8 Å². The summed E-state index contributed by atoms with van der Waals surface area (Å²) in [6.45, 7) is 4.14. The van der Waals surface area contributed by atoms with Crippen LogP contribution in [0.3, 0.4) is 0 Å². The van der Waals surface area contributed by atoms with Crippen molar-refractivity contribution in [3.8, 4) is 11.5 Å². The number of phenolic OH excluding ortho intramolecular Hbond substituents is 1. The number of primary amides is 1. The van der Waals surface area contributed by atoms with E-state index in [1.807, 2.05) is 0 Å². The Hall–Kier alpha value is -6.49. The number of rotatable bonds is 16. The molecule has 0 radical (unpaired) electrons. The maximum absolute atomic E-state index is 14.7. The van der Waals surface area contributed by atoms with Gasteiger partial charge in [0.05, 0.1) is 36.9 Å². The third kappa shape index (κ3) is 16.9. The maximum Gasteiger partial charge on any atom is 0.261 e. The Morgan fingerprint density at radius 3 is 2.03 bits per heavy atom. The summed E-state index contributed by atoms with van der Waals surface area (Å²) in [5.74, 6) is -9.91. The van der Waals surface area contributed by atoms with Gasteiger partial charge in [0.25, 0.3) is 18.2 Å². The summed E-state index contributed by atoms with van der Waals surface area (Å²) >= 11 is -0.0135. The summed E-state index contributed by atoms with van der Waals surface area (Å²) in [6, 6.07) is -1.90. The van der Waals surface area contributed by atoms with Crippen LogP contribution in [0.5, 0.6) is 11.5 Å². The van der Waals surface area contributed by atoms with Crippen molar-refractivity contribution in [3.05, 3.63) is 53.6 Å². The Morgan fingerprint density at radius 1 is 0.742 bits per heavy atom. The molecule has 14 atom stereocenters. The SMILES string of the molecule is CC(O)C1NC(=O)[C@@H](NC(=O)c2ccc(N3CCN(C4CCC(C5CCCCC5)CC4)CC3)cc2)CC(O)CNC(=O)C2C(O)C(C)CN2C(=O)C(C(O)CC(N)=O)NC(=O)C(C(O)C(O)c2ccc(O)c(OSOOO)c2)NC(=O)C2CC(O)CN2C1=O. The minimum absolute atomic E-state index is 0.0135. The predicted octanol–water partition coefficient (Wildman–Crippen LogP) is -2.67. The summed E-state index contributed by atoms with van der Waals surface area (Å²) in [5, 5.41) is 114. The largest absolute Gasteiger partial charge is 0.504 e. The molecule has 492 valence electrons. The number of aliphatic hydroxyl groups is 7. The summed E-state index contributed by atoms with van der Waals surface area (Å²) in [4.78, 5) is 120. The maximum atomic E-state index is 14.7. The van der Waals surface area contributed by atoms with Crippen LogP contribution in [0.25, 0.3) is 0 Å². The van der Waals surface area contributed by atoms with Crippen molar-refractivity contribution in [2.75, 3.05) is 50.7 Å². The van der Waals surface area contributed by atoms with Gasteiger partial charge in [-0.1, -0.05) is 54.5 Å². The Labute approximate surface area is 518 Å². The molecule has 0 bridgehead atoms. The van der Waals surface area contributed by atoms with Crippen molar-refractivity contribution < 1.29 is 98.0 Å². The van der Waals surface area contributed by atoms with Crippen LogP contribution in [-0.2, 0) is 42.9 Å². The molecule has 30 nitrogen and oxygen atoms in total. The molecule has 8 amide bonds. The second kappa shape index (κ2) is 31.0. The Kier molecular flexibility index (Phi) is 23.8. The van der Waals surface area contributed by atoms with Gasteiger partial charge in [0, 0.05) is 81.9 Å².